The van der Waals surface area contributed by atoms with Gasteiger partial charge in [0, 0.05) is 18.9 Å². The fourth-order valence-electron chi connectivity index (χ4n) is 1.98. The Bertz CT molecular complexity index is 656. The standard InChI is InChI=1S/C14H13NO5S.C2H6/c1-20-14(13(18)19,7-9-5-3-2-4-6-9)10-8-21-11(15-10)12(16)17;1-2/h2-6,8H,7H2,1H3,(H,16,17)(H,18,19);1-2H3. The maximum Gasteiger partial charge on any atom is 0.365 e. The van der Waals surface area contributed by atoms with Crippen LogP contribution in [0.5, 0.6) is 0 Å². The Kier molecular flexibility index (Phi) is 6.87. The molecule has 7 heteroatoms. The average molecular weight is 337 g/mol. The van der Waals surface area contributed by atoms with Gasteiger partial charge in [0.15, 0.2) is 0 Å². The fourth-order valence-corrected chi connectivity index (χ4v) is 2.70. The van der Waals surface area contributed by atoms with E-state index in [1.165, 1.54) is 12.5 Å². The summed E-state index contributed by atoms with van der Waals surface area (Å²) in [5, 5.41) is 19.7. The number of aliphatic carboxylic acids is 1. The van der Waals surface area contributed by atoms with Gasteiger partial charge in [0.05, 0.1) is 5.69 Å². The van der Waals surface area contributed by atoms with E-state index >= 15 is 0 Å². The second-order valence-corrected chi connectivity index (χ2v) is 5.20. The van der Waals surface area contributed by atoms with Crippen molar-refractivity contribution in [3.05, 3.63) is 52.0 Å². The minimum absolute atomic E-state index is 0.0580. The van der Waals surface area contributed by atoms with Crippen molar-refractivity contribution in [3.63, 3.8) is 0 Å². The van der Waals surface area contributed by atoms with Gasteiger partial charge in [-0.15, -0.1) is 11.3 Å². The predicted octanol–water partition coefficient (Wildman–Crippen LogP) is 3.04. The van der Waals surface area contributed by atoms with E-state index in [1.54, 1.807) is 24.3 Å². The molecule has 6 nitrogen and oxygen atoms in total. The molecule has 1 unspecified atom stereocenters. The number of carboxylic acid groups (broad SMARTS) is 2. The summed E-state index contributed by atoms with van der Waals surface area (Å²) in [6.07, 6.45) is 0.0580. The highest BCUT2D eigenvalue weighted by atomic mass is 32.1. The van der Waals surface area contributed by atoms with Crippen LogP contribution in [0.1, 0.15) is 34.9 Å². The zero-order valence-electron chi connectivity index (χ0n) is 13.1. The summed E-state index contributed by atoms with van der Waals surface area (Å²) in [7, 11) is 1.27. The first-order valence-corrected chi connectivity index (χ1v) is 7.89. The van der Waals surface area contributed by atoms with E-state index in [-0.39, 0.29) is 17.1 Å². The van der Waals surface area contributed by atoms with E-state index in [4.69, 9.17) is 9.84 Å². The number of nitrogens with zero attached hydrogens (tertiary/aromatic N) is 1. The van der Waals surface area contributed by atoms with Crippen molar-refractivity contribution in [1.29, 1.82) is 0 Å². The van der Waals surface area contributed by atoms with Gasteiger partial charge in [0.25, 0.3) is 0 Å². The molecular weight excluding hydrogens is 318 g/mol. The summed E-state index contributed by atoms with van der Waals surface area (Å²) in [5.74, 6) is -2.41. The van der Waals surface area contributed by atoms with Gasteiger partial charge in [-0.1, -0.05) is 44.2 Å². The molecule has 1 atom stereocenters. The van der Waals surface area contributed by atoms with Gasteiger partial charge in [-0.25, -0.2) is 14.6 Å². The van der Waals surface area contributed by atoms with Crippen LogP contribution in [0.25, 0.3) is 0 Å². The Morgan fingerprint density at radius 1 is 1.22 bits per heavy atom. The molecule has 0 spiro atoms. The Hall–Kier alpha value is -2.25. The molecule has 0 fully saturated rings. The van der Waals surface area contributed by atoms with Crippen LogP contribution in [-0.4, -0.2) is 34.2 Å². The lowest BCUT2D eigenvalue weighted by molar-refractivity contribution is -0.164. The molecular formula is C16H19NO5S. The van der Waals surface area contributed by atoms with Crippen LogP contribution in [0.3, 0.4) is 0 Å². The van der Waals surface area contributed by atoms with Gasteiger partial charge in [0.2, 0.25) is 10.6 Å². The number of carboxylic acids is 2. The summed E-state index contributed by atoms with van der Waals surface area (Å²) in [6.45, 7) is 4.00. The molecule has 23 heavy (non-hydrogen) atoms. The number of methoxy groups -OCH3 is 1. The number of ether oxygens (including phenoxy) is 1. The number of rotatable bonds is 6. The van der Waals surface area contributed by atoms with Crippen LogP contribution in [0, 0.1) is 0 Å². The zero-order valence-corrected chi connectivity index (χ0v) is 14.0. The molecule has 1 aromatic carbocycles. The van der Waals surface area contributed by atoms with E-state index in [9.17, 15) is 14.7 Å². The SMILES string of the molecule is CC.COC(Cc1ccccc1)(C(=O)O)c1csc(C(=O)O)n1. The van der Waals surface area contributed by atoms with Crippen molar-refractivity contribution >= 4 is 23.3 Å². The number of benzene rings is 1. The number of thiazole rings is 1. The molecule has 124 valence electrons. The average Bonchev–Trinajstić information content (AvgIpc) is 3.06. The van der Waals surface area contributed by atoms with Crippen molar-refractivity contribution in [1.82, 2.24) is 4.98 Å². The predicted molar refractivity (Wildman–Crippen MR) is 86.9 cm³/mol. The number of aromatic nitrogens is 1. The molecule has 0 saturated heterocycles. The highest BCUT2D eigenvalue weighted by Crippen LogP contribution is 2.31. The topological polar surface area (TPSA) is 96.7 Å². The largest absolute Gasteiger partial charge is 0.479 e. The van der Waals surface area contributed by atoms with Crippen LogP contribution in [0.2, 0.25) is 0 Å². The molecule has 2 N–H and O–H groups in total. The molecule has 0 radical (unpaired) electrons. The molecule has 0 aliphatic rings. The van der Waals surface area contributed by atoms with E-state index in [0.29, 0.717) is 0 Å². The molecule has 1 aromatic heterocycles. The second-order valence-electron chi connectivity index (χ2n) is 4.34. The minimum atomic E-state index is -1.70. The summed E-state index contributed by atoms with van der Waals surface area (Å²) < 4.78 is 5.23. The fraction of sp³-hybridized carbons (Fsp3) is 0.312. The van der Waals surface area contributed by atoms with Crippen LogP contribution in [0.4, 0.5) is 0 Å². The summed E-state index contributed by atoms with van der Waals surface area (Å²) in [5.41, 5.74) is -0.860. The normalized spacial score (nSPS) is 12.7. The van der Waals surface area contributed by atoms with Crippen LogP contribution < -0.4 is 0 Å². The summed E-state index contributed by atoms with van der Waals surface area (Å²) in [4.78, 5) is 26.5. The Morgan fingerprint density at radius 2 is 1.83 bits per heavy atom. The lowest BCUT2D eigenvalue weighted by Crippen LogP contribution is -2.40. The molecule has 2 rings (SSSR count). The summed E-state index contributed by atoms with van der Waals surface area (Å²) >= 11 is 0.874. The Morgan fingerprint density at radius 3 is 2.26 bits per heavy atom. The number of carbonyl (C=O) groups is 2. The number of hydrogen-bond donors (Lipinski definition) is 2. The minimum Gasteiger partial charge on any atom is -0.479 e. The maximum absolute atomic E-state index is 11.7. The summed E-state index contributed by atoms with van der Waals surface area (Å²) in [6, 6.07) is 8.97. The van der Waals surface area contributed by atoms with E-state index in [2.05, 4.69) is 4.98 Å². The quantitative estimate of drug-likeness (QED) is 0.841. The number of hydrogen-bond acceptors (Lipinski definition) is 5. The van der Waals surface area contributed by atoms with Gasteiger partial charge in [-0.3, -0.25) is 0 Å². The van der Waals surface area contributed by atoms with E-state index in [0.717, 1.165) is 16.9 Å². The van der Waals surface area contributed by atoms with Gasteiger partial charge in [0.1, 0.15) is 0 Å². The van der Waals surface area contributed by atoms with Gasteiger partial charge < -0.3 is 14.9 Å². The molecule has 2 aromatic rings. The first-order valence-electron chi connectivity index (χ1n) is 7.01. The van der Waals surface area contributed by atoms with Crippen LogP contribution in [-0.2, 0) is 21.6 Å². The Balaban J connectivity index is 0.00000127. The first-order chi connectivity index (χ1) is 11.0. The van der Waals surface area contributed by atoms with E-state index < -0.39 is 17.5 Å². The molecule has 0 amide bonds. The van der Waals surface area contributed by atoms with Crippen LogP contribution >= 0.6 is 11.3 Å². The van der Waals surface area contributed by atoms with Gasteiger partial charge in [-0.05, 0) is 5.56 Å². The zero-order chi connectivity index (χ0) is 17.5. The van der Waals surface area contributed by atoms with Gasteiger partial charge in [-0.2, -0.15) is 0 Å². The monoisotopic (exact) mass is 337 g/mol. The molecule has 1 heterocycles. The van der Waals surface area contributed by atoms with Crippen molar-refractivity contribution in [3.8, 4) is 0 Å². The van der Waals surface area contributed by atoms with Crippen LogP contribution in [0.15, 0.2) is 35.7 Å². The molecule has 0 aliphatic heterocycles. The third-order valence-corrected chi connectivity index (χ3v) is 3.92. The third-order valence-electron chi connectivity index (χ3n) is 3.09. The van der Waals surface area contributed by atoms with Crippen molar-refractivity contribution < 1.29 is 24.5 Å². The lowest BCUT2D eigenvalue weighted by Gasteiger charge is -2.26. The highest BCUT2D eigenvalue weighted by Gasteiger charge is 2.43. The highest BCUT2D eigenvalue weighted by molar-refractivity contribution is 7.11. The number of aromatic carboxylic acids is 1. The molecule has 0 saturated carbocycles. The molecule has 0 aliphatic carbocycles. The van der Waals surface area contributed by atoms with Crippen molar-refractivity contribution in [2.45, 2.75) is 25.9 Å². The smallest absolute Gasteiger partial charge is 0.365 e. The third kappa shape index (κ3) is 4.14. The van der Waals surface area contributed by atoms with Crippen molar-refractivity contribution in [2.24, 2.45) is 0 Å². The van der Waals surface area contributed by atoms with Crippen molar-refractivity contribution in [2.75, 3.05) is 7.11 Å². The second kappa shape index (κ2) is 8.40. The lowest BCUT2D eigenvalue weighted by atomic mass is 9.91. The first kappa shape index (κ1) is 18.8. The molecule has 0 bridgehead atoms. The van der Waals surface area contributed by atoms with Gasteiger partial charge >= 0.3 is 11.9 Å². The van der Waals surface area contributed by atoms with E-state index in [1.807, 2.05) is 19.9 Å². The maximum atomic E-state index is 11.7. The Labute approximate surface area is 138 Å².